The predicted molar refractivity (Wildman–Crippen MR) is 37.6 cm³/mol. The number of carboxylic acids is 2. The molecule has 6 heteroatoms. The van der Waals surface area contributed by atoms with Gasteiger partial charge in [-0.1, -0.05) is 19.8 Å². The van der Waals surface area contributed by atoms with Crippen LogP contribution in [0.4, 0.5) is 0 Å². The van der Waals surface area contributed by atoms with Gasteiger partial charge >= 0.3 is 37.7 Å². The molecule has 0 amide bonds. The van der Waals surface area contributed by atoms with Crippen molar-refractivity contribution in [1.29, 1.82) is 0 Å². The molecule has 0 aliphatic rings. The summed E-state index contributed by atoms with van der Waals surface area (Å²) in [5.74, 6) is -3.53. The summed E-state index contributed by atoms with van der Waals surface area (Å²) in [7, 11) is 0. The summed E-state index contributed by atoms with van der Waals surface area (Å²) in [6.07, 6.45) is 1.46. The molecule has 0 aromatic rings. The third-order valence-electron chi connectivity index (χ3n) is 1.65. The van der Waals surface area contributed by atoms with Crippen molar-refractivity contribution in [2.24, 2.45) is 5.92 Å². The van der Waals surface area contributed by atoms with Crippen molar-refractivity contribution >= 4 is 11.9 Å². The quantitative estimate of drug-likeness (QED) is 0.386. The van der Waals surface area contributed by atoms with Crippen molar-refractivity contribution in [2.45, 2.75) is 32.6 Å². The first-order valence-corrected chi connectivity index (χ1v) is 3.98. The average molecular weight is 186 g/mol. The molecular weight excluding hydrogens is 174 g/mol. The fraction of sp³-hybridized carbons (Fsp3) is 0.750. The van der Waals surface area contributed by atoms with Crippen molar-refractivity contribution in [3.05, 3.63) is 0 Å². The summed E-state index contributed by atoms with van der Waals surface area (Å²) in [6.45, 7) is 1.91. The van der Waals surface area contributed by atoms with Crippen LogP contribution in [0.2, 0.25) is 0 Å². The van der Waals surface area contributed by atoms with E-state index < -0.39 is 24.3 Å². The standard InChI is InChI=1S/C8H14O4.2Li/c1-2-3-4-6(8(11)12)5-7(9)10;;/h6H,2-5H2,1H3,(H,9,10)(H,11,12);;/q;2*+1/p-2. The first-order valence-electron chi connectivity index (χ1n) is 3.98. The molecule has 0 bridgehead atoms. The van der Waals surface area contributed by atoms with Crippen LogP contribution >= 0.6 is 0 Å². The summed E-state index contributed by atoms with van der Waals surface area (Å²) in [6, 6.07) is 0. The van der Waals surface area contributed by atoms with Crippen LogP contribution < -0.4 is 47.9 Å². The van der Waals surface area contributed by atoms with Gasteiger partial charge in [-0.2, -0.15) is 0 Å². The van der Waals surface area contributed by atoms with Gasteiger partial charge in [0.15, 0.2) is 0 Å². The van der Waals surface area contributed by atoms with Gasteiger partial charge in [-0.3, -0.25) is 0 Å². The van der Waals surface area contributed by atoms with Crippen LogP contribution in [0.15, 0.2) is 0 Å². The molecule has 0 saturated heterocycles. The van der Waals surface area contributed by atoms with Gasteiger partial charge in [0.25, 0.3) is 0 Å². The molecule has 4 nitrogen and oxygen atoms in total. The smallest absolute Gasteiger partial charge is 0.550 e. The van der Waals surface area contributed by atoms with Crippen LogP contribution in [0.25, 0.3) is 0 Å². The second-order valence-corrected chi connectivity index (χ2v) is 2.73. The van der Waals surface area contributed by atoms with Crippen molar-refractivity contribution in [3.63, 3.8) is 0 Å². The fourth-order valence-electron chi connectivity index (χ4n) is 0.955. The maximum atomic E-state index is 10.3. The molecule has 0 fully saturated rings. The van der Waals surface area contributed by atoms with Crippen LogP contribution in [-0.2, 0) is 9.59 Å². The van der Waals surface area contributed by atoms with E-state index in [2.05, 4.69) is 0 Å². The zero-order chi connectivity index (χ0) is 9.56. The molecular formula is C8H12Li2O4. The van der Waals surface area contributed by atoms with E-state index in [0.717, 1.165) is 6.42 Å². The molecule has 0 aromatic carbocycles. The Morgan fingerprint density at radius 3 is 2.00 bits per heavy atom. The number of carbonyl (C=O) groups is 2. The van der Waals surface area contributed by atoms with Gasteiger partial charge in [0, 0.05) is 17.9 Å². The summed E-state index contributed by atoms with van der Waals surface area (Å²) >= 11 is 0. The minimum absolute atomic E-state index is 0. The van der Waals surface area contributed by atoms with Crippen LogP contribution in [0.3, 0.4) is 0 Å². The fourth-order valence-corrected chi connectivity index (χ4v) is 0.955. The van der Waals surface area contributed by atoms with Crippen molar-refractivity contribution in [3.8, 4) is 0 Å². The molecule has 0 N–H and O–H groups in total. The van der Waals surface area contributed by atoms with Crippen molar-refractivity contribution in [1.82, 2.24) is 0 Å². The maximum Gasteiger partial charge on any atom is 1.00 e. The number of carboxylic acid groups (broad SMARTS) is 2. The number of carbonyl (C=O) groups excluding carboxylic acids is 2. The van der Waals surface area contributed by atoms with Gasteiger partial charge in [-0.25, -0.2) is 0 Å². The van der Waals surface area contributed by atoms with Crippen LogP contribution in [0.1, 0.15) is 32.6 Å². The Morgan fingerprint density at radius 2 is 1.71 bits per heavy atom. The van der Waals surface area contributed by atoms with Gasteiger partial charge < -0.3 is 19.8 Å². The van der Waals surface area contributed by atoms with E-state index in [1.807, 2.05) is 6.92 Å². The molecule has 0 spiro atoms. The summed E-state index contributed by atoms with van der Waals surface area (Å²) in [4.78, 5) is 20.4. The third-order valence-corrected chi connectivity index (χ3v) is 1.65. The maximum absolute atomic E-state index is 10.3. The van der Waals surface area contributed by atoms with Gasteiger partial charge in [0.05, 0.1) is 0 Å². The summed E-state index contributed by atoms with van der Waals surface area (Å²) in [5.41, 5.74) is 0. The van der Waals surface area contributed by atoms with E-state index in [-0.39, 0.29) is 37.7 Å². The van der Waals surface area contributed by atoms with E-state index in [1.54, 1.807) is 0 Å². The second-order valence-electron chi connectivity index (χ2n) is 2.73. The Balaban J connectivity index is -0.000000605. The van der Waals surface area contributed by atoms with Crippen molar-refractivity contribution < 1.29 is 57.5 Å². The van der Waals surface area contributed by atoms with E-state index in [9.17, 15) is 19.8 Å². The molecule has 0 heterocycles. The molecule has 1 atom stereocenters. The molecule has 0 aliphatic heterocycles. The summed E-state index contributed by atoms with van der Waals surface area (Å²) in [5, 5.41) is 20.4. The number of unbranched alkanes of at least 4 members (excludes halogenated alkanes) is 1. The Bertz CT molecular complexity index is 173. The van der Waals surface area contributed by atoms with Gasteiger partial charge in [-0.05, 0) is 12.8 Å². The average Bonchev–Trinajstić information content (AvgIpc) is 1.96. The van der Waals surface area contributed by atoms with Gasteiger partial charge in [0.1, 0.15) is 0 Å². The van der Waals surface area contributed by atoms with Gasteiger partial charge in [-0.15, -0.1) is 0 Å². The normalized spacial score (nSPS) is 10.6. The molecule has 0 saturated carbocycles. The molecule has 14 heavy (non-hydrogen) atoms. The molecule has 0 aromatic heterocycles. The Labute approximate surface area is 108 Å². The minimum atomic E-state index is -1.33. The number of hydrogen-bond donors (Lipinski definition) is 0. The van der Waals surface area contributed by atoms with Crippen molar-refractivity contribution in [2.75, 3.05) is 0 Å². The van der Waals surface area contributed by atoms with E-state index in [0.29, 0.717) is 12.8 Å². The molecule has 0 rings (SSSR count). The Morgan fingerprint density at radius 1 is 1.21 bits per heavy atom. The Hall–Kier alpha value is 0.135. The largest absolute Gasteiger partial charge is 1.00 e. The predicted octanol–water partition coefficient (Wildman–Crippen LogP) is -7.31. The van der Waals surface area contributed by atoms with Crippen LogP contribution in [-0.4, -0.2) is 11.9 Å². The van der Waals surface area contributed by atoms with E-state index in [4.69, 9.17) is 0 Å². The monoisotopic (exact) mass is 186 g/mol. The molecule has 70 valence electrons. The number of aliphatic carboxylic acids is 2. The number of hydrogen-bond acceptors (Lipinski definition) is 4. The van der Waals surface area contributed by atoms with Gasteiger partial charge in [0.2, 0.25) is 0 Å². The summed E-state index contributed by atoms with van der Waals surface area (Å²) < 4.78 is 0. The zero-order valence-corrected chi connectivity index (χ0v) is 9.04. The Kier molecular flexibility index (Phi) is 15.8. The SMILES string of the molecule is CCCCC(CC(=O)[O-])C(=O)[O-].[Li+].[Li+]. The third kappa shape index (κ3) is 10.2. The molecule has 1 unspecified atom stereocenters. The first-order chi connectivity index (χ1) is 5.57. The number of rotatable bonds is 6. The first kappa shape index (κ1) is 19.7. The minimum Gasteiger partial charge on any atom is -0.550 e. The zero-order valence-electron chi connectivity index (χ0n) is 9.04. The molecule has 0 radical (unpaired) electrons. The van der Waals surface area contributed by atoms with Crippen LogP contribution in [0.5, 0.6) is 0 Å². The molecule has 0 aliphatic carbocycles. The topological polar surface area (TPSA) is 80.3 Å². The second kappa shape index (κ2) is 11.2. The van der Waals surface area contributed by atoms with E-state index in [1.165, 1.54) is 0 Å². The van der Waals surface area contributed by atoms with Crippen LogP contribution in [0, 0.1) is 5.92 Å². The van der Waals surface area contributed by atoms with E-state index >= 15 is 0 Å².